The lowest BCUT2D eigenvalue weighted by Gasteiger charge is -2.25. The molecule has 0 aliphatic carbocycles. The number of carbonyl (C=O) groups is 1. The standard InChI is InChI=1S/C16H25N3O4/c1-4-14(12-6-5-7-13(10-12)19(22)23)18-15(21)17-11-16(2,3)8-9-20/h5-7,10,14,20H,4,8-9,11H2,1-3H3,(H2,17,18,21). The first kappa shape index (κ1) is 18.9. The van der Waals surface area contributed by atoms with Crippen LogP contribution in [0.2, 0.25) is 0 Å². The number of carbonyl (C=O) groups excluding carboxylic acids is 1. The van der Waals surface area contributed by atoms with E-state index >= 15 is 0 Å². The van der Waals surface area contributed by atoms with Crippen molar-refractivity contribution in [3.8, 4) is 0 Å². The number of aliphatic hydroxyl groups excluding tert-OH is 1. The number of urea groups is 1. The third-order valence-corrected chi connectivity index (χ3v) is 3.71. The Balaban J connectivity index is 2.67. The van der Waals surface area contributed by atoms with Gasteiger partial charge < -0.3 is 15.7 Å². The lowest BCUT2D eigenvalue weighted by atomic mass is 9.90. The van der Waals surface area contributed by atoms with Crippen LogP contribution in [0.3, 0.4) is 0 Å². The van der Waals surface area contributed by atoms with Gasteiger partial charge in [-0.3, -0.25) is 10.1 Å². The van der Waals surface area contributed by atoms with Crippen LogP contribution in [0.15, 0.2) is 24.3 Å². The van der Waals surface area contributed by atoms with Crippen molar-refractivity contribution in [1.82, 2.24) is 10.6 Å². The number of hydrogen-bond donors (Lipinski definition) is 3. The number of nitrogens with zero attached hydrogens (tertiary/aromatic N) is 1. The molecule has 7 heteroatoms. The molecule has 7 nitrogen and oxygen atoms in total. The molecular formula is C16H25N3O4. The summed E-state index contributed by atoms with van der Waals surface area (Å²) in [6, 6.07) is 5.65. The number of hydrogen-bond acceptors (Lipinski definition) is 4. The van der Waals surface area contributed by atoms with Crippen LogP contribution in [-0.2, 0) is 0 Å². The lowest BCUT2D eigenvalue weighted by molar-refractivity contribution is -0.384. The maximum atomic E-state index is 12.0. The minimum absolute atomic E-state index is 0.00670. The molecular weight excluding hydrogens is 298 g/mol. The van der Waals surface area contributed by atoms with E-state index in [4.69, 9.17) is 5.11 Å². The molecule has 1 rings (SSSR count). The van der Waals surface area contributed by atoms with Gasteiger partial charge in [-0.15, -0.1) is 0 Å². The minimum atomic E-state index is -0.451. The SMILES string of the molecule is CCC(NC(=O)NCC(C)(C)CCO)c1cccc([N+](=O)[O-])c1. The topological polar surface area (TPSA) is 104 Å². The first-order valence-corrected chi connectivity index (χ1v) is 7.68. The van der Waals surface area contributed by atoms with Crippen molar-refractivity contribution in [3.63, 3.8) is 0 Å². The Morgan fingerprint density at radius 3 is 2.70 bits per heavy atom. The van der Waals surface area contributed by atoms with Gasteiger partial charge in [0.15, 0.2) is 0 Å². The van der Waals surface area contributed by atoms with Crippen molar-refractivity contribution in [2.24, 2.45) is 5.41 Å². The van der Waals surface area contributed by atoms with Crippen molar-refractivity contribution in [2.75, 3.05) is 13.2 Å². The van der Waals surface area contributed by atoms with Gasteiger partial charge in [-0.05, 0) is 23.8 Å². The molecule has 0 aliphatic heterocycles. The number of nitro groups is 1. The fourth-order valence-electron chi connectivity index (χ4n) is 2.20. The van der Waals surface area contributed by atoms with Crippen LogP contribution in [0.1, 0.15) is 45.2 Å². The predicted octanol–water partition coefficient (Wildman–Crippen LogP) is 2.75. The lowest BCUT2D eigenvalue weighted by Crippen LogP contribution is -2.42. The third kappa shape index (κ3) is 6.23. The third-order valence-electron chi connectivity index (χ3n) is 3.71. The van der Waals surface area contributed by atoms with Gasteiger partial charge in [0.05, 0.1) is 11.0 Å². The fraction of sp³-hybridized carbons (Fsp3) is 0.562. The second kappa shape index (κ2) is 8.47. The Morgan fingerprint density at radius 1 is 1.43 bits per heavy atom. The Labute approximate surface area is 136 Å². The monoisotopic (exact) mass is 323 g/mol. The Bertz CT molecular complexity index is 546. The van der Waals surface area contributed by atoms with Crippen LogP contribution in [0.4, 0.5) is 10.5 Å². The molecule has 1 unspecified atom stereocenters. The molecule has 1 aromatic rings. The summed E-state index contributed by atoms with van der Waals surface area (Å²) in [5.74, 6) is 0. The summed E-state index contributed by atoms with van der Waals surface area (Å²) in [4.78, 5) is 22.4. The molecule has 3 N–H and O–H groups in total. The average molecular weight is 323 g/mol. The van der Waals surface area contributed by atoms with Crippen LogP contribution in [0.25, 0.3) is 0 Å². The quantitative estimate of drug-likeness (QED) is 0.505. The summed E-state index contributed by atoms with van der Waals surface area (Å²) < 4.78 is 0. The summed E-state index contributed by atoms with van der Waals surface area (Å²) in [6.45, 7) is 6.33. The van der Waals surface area contributed by atoms with Gasteiger partial charge in [-0.2, -0.15) is 0 Å². The van der Waals surface area contributed by atoms with Crippen LogP contribution >= 0.6 is 0 Å². The second-order valence-electron chi connectivity index (χ2n) is 6.28. The van der Waals surface area contributed by atoms with E-state index in [-0.39, 0.29) is 29.8 Å². The van der Waals surface area contributed by atoms with Gasteiger partial charge in [0.25, 0.3) is 5.69 Å². The van der Waals surface area contributed by atoms with Crippen molar-refractivity contribution in [3.05, 3.63) is 39.9 Å². The summed E-state index contributed by atoms with van der Waals surface area (Å²) in [5, 5.41) is 25.4. The van der Waals surface area contributed by atoms with Gasteiger partial charge in [0, 0.05) is 25.3 Å². The van der Waals surface area contributed by atoms with E-state index in [0.717, 1.165) is 0 Å². The second-order valence-corrected chi connectivity index (χ2v) is 6.28. The number of nitro benzene ring substituents is 1. The van der Waals surface area contributed by atoms with Crippen molar-refractivity contribution in [2.45, 2.75) is 39.7 Å². The first-order chi connectivity index (χ1) is 10.8. The van der Waals surface area contributed by atoms with Gasteiger partial charge in [0.1, 0.15) is 0 Å². The van der Waals surface area contributed by atoms with Gasteiger partial charge in [-0.1, -0.05) is 32.9 Å². The van der Waals surface area contributed by atoms with Crippen molar-refractivity contribution in [1.29, 1.82) is 0 Å². The van der Waals surface area contributed by atoms with Crippen molar-refractivity contribution >= 4 is 11.7 Å². The van der Waals surface area contributed by atoms with E-state index in [9.17, 15) is 14.9 Å². The summed E-state index contributed by atoms with van der Waals surface area (Å²) in [7, 11) is 0. The number of nitrogens with one attached hydrogen (secondary N) is 2. The molecule has 0 saturated heterocycles. The highest BCUT2D eigenvalue weighted by molar-refractivity contribution is 5.74. The normalized spacial score (nSPS) is 12.5. The molecule has 1 atom stereocenters. The molecule has 128 valence electrons. The number of non-ortho nitro benzene ring substituents is 1. The summed E-state index contributed by atoms with van der Waals surface area (Å²) in [6.07, 6.45) is 1.21. The smallest absolute Gasteiger partial charge is 0.315 e. The van der Waals surface area contributed by atoms with E-state index in [1.807, 2.05) is 20.8 Å². The van der Waals surface area contributed by atoms with E-state index in [1.165, 1.54) is 12.1 Å². The molecule has 0 spiro atoms. The van der Waals surface area contributed by atoms with Gasteiger partial charge >= 0.3 is 6.03 Å². The minimum Gasteiger partial charge on any atom is -0.396 e. The van der Waals surface area contributed by atoms with Crippen LogP contribution < -0.4 is 10.6 Å². The predicted molar refractivity (Wildman–Crippen MR) is 88.1 cm³/mol. The largest absolute Gasteiger partial charge is 0.396 e. The molecule has 0 saturated carbocycles. The van der Waals surface area contributed by atoms with Crippen LogP contribution in [0.5, 0.6) is 0 Å². The average Bonchev–Trinajstić information content (AvgIpc) is 2.50. The highest BCUT2D eigenvalue weighted by Gasteiger charge is 2.20. The highest BCUT2D eigenvalue weighted by atomic mass is 16.6. The maximum absolute atomic E-state index is 12.0. The van der Waals surface area contributed by atoms with Crippen molar-refractivity contribution < 1.29 is 14.8 Å². The van der Waals surface area contributed by atoms with E-state index in [2.05, 4.69) is 10.6 Å². The molecule has 23 heavy (non-hydrogen) atoms. The number of benzene rings is 1. The Morgan fingerprint density at radius 2 is 2.13 bits per heavy atom. The Kier molecular flexibility index (Phi) is 6.96. The van der Waals surface area contributed by atoms with Gasteiger partial charge in [-0.25, -0.2) is 4.79 Å². The molecule has 0 aromatic heterocycles. The molecule has 0 heterocycles. The van der Waals surface area contributed by atoms with E-state index < -0.39 is 4.92 Å². The zero-order valence-corrected chi connectivity index (χ0v) is 13.8. The number of amides is 2. The first-order valence-electron chi connectivity index (χ1n) is 7.68. The number of aliphatic hydroxyl groups is 1. The molecule has 0 aliphatic rings. The molecule has 0 radical (unpaired) electrons. The molecule has 0 fully saturated rings. The maximum Gasteiger partial charge on any atom is 0.315 e. The van der Waals surface area contributed by atoms with Crippen LogP contribution in [-0.4, -0.2) is 29.2 Å². The molecule has 1 aromatic carbocycles. The van der Waals surface area contributed by atoms with Gasteiger partial charge in [0.2, 0.25) is 0 Å². The zero-order valence-electron chi connectivity index (χ0n) is 13.8. The summed E-state index contributed by atoms with van der Waals surface area (Å²) >= 11 is 0. The summed E-state index contributed by atoms with van der Waals surface area (Å²) in [5.41, 5.74) is 0.512. The van der Waals surface area contributed by atoms with E-state index in [0.29, 0.717) is 24.9 Å². The zero-order chi connectivity index (χ0) is 17.5. The molecule has 0 bridgehead atoms. The Hall–Kier alpha value is -2.15. The fourth-order valence-corrected chi connectivity index (χ4v) is 2.20. The van der Waals surface area contributed by atoms with E-state index in [1.54, 1.807) is 12.1 Å². The highest BCUT2D eigenvalue weighted by Crippen LogP contribution is 2.22. The molecule has 2 amide bonds. The number of rotatable bonds is 8. The van der Waals surface area contributed by atoms with Crippen LogP contribution in [0, 0.1) is 15.5 Å².